The van der Waals surface area contributed by atoms with E-state index in [9.17, 15) is 4.79 Å². The zero-order valence-corrected chi connectivity index (χ0v) is 11.7. The third-order valence-corrected chi connectivity index (χ3v) is 2.70. The van der Waals surface area contributed by atoms with E-state index in [1.165, 1.54) is 0 Å². The average Bonchev–Trinajstić information content (AvgIpc) is 2.58. The molecule has 1 N–H and O–H groups in total. The van der Waals surface area contributed by atoms with Gasteiger partial charge in [0.15, 0.2) is 0 Å². The Balaban J connectivity index is 1.67. The van der Waals surface area contributed by atoms with Crippen molar-refractivity contribution in [3.8, 4) is 5.88 Å². The third-order valence-electron chi connectivity index (χ3n) is 2.70. The fourth-order valence-electron chi connectivity index (χ4n) is 1.77. The molecule has 1 aliphatic rings. The monoisotopic (exact) mass is 268 g/mol. The van der Waals surface area contributed by atoms with E-state index in [2.05, 4.69) is 10.5 Å². The van der Waals surface area contributed by atoms with E-state index in [-0.39, 0.29) is 23.8 Å². The summed E-state index contributed by atoms with van der Waals surface area (Å²) in [4.78, 5) is 11.5. The third kappa shape index (κ3) is 4.15. The van der Waals surface area contributed by atoms with Gasteiger partial charge in [0.25, 0.3) is 5.88 Å². The van der Waals surface area contributed by atoms with Gasteiger partial charge in [-0.1, -0.05) is 0 Å². The van der Waals surface area contributed by atoms with E-state index in [1.807, 2.05) is 27.7 Å². The highest BCUT2D eigenvalue weighted by molar-refractivity contribution is 5.68. The first-order chi connectivity index (χ1) is 8.82. The number of nitrogens with zero attached hydrogens (tertiary/aromatic N) is 1. The first-order valence-electron chi connectivity index (χ1n) is 6.40. The summed E-state index contributed by atoms with van der Waals surface area (Å²) in [5, 5.41) is 6.51. The Morgan fingerprint density at radius 1 is 1.42 bits per heavy atom. The van der Waals surface area contributed by atoms with Crippen LogP contribution < -0.4 is 10.1 Å². The van der Waals surface area contributed by atoms with Crippen molar-refractivity contribution in [2.75, 3.05) is 0 Å². The van der Waals surface area contributed by atoms with Crippen LogP contribution in [0.5, 0.6) is 5.88 Å². The number of ether oxygens (including phenoxy) is 2. The molecule has 1 aromatic rings. The van der Waals surface area contributed by atoms with E-state index in [1.54, 1.807) is 6.07 Å². The summed E-state index contributed by atoms with van der Waals surface area (Å²) in [6.07, 6.45) is 0.943. The number of hydrogen-bond donors (Lipinski definition) is 1. The van der Waals surface area contributed by atoms with Crippen molar-refractivity contribution in [2.24, 2.45) is 0 Å². The van der Waals surface area contributed by atoms with Gasteiger partial charge < -0.3 is 19.3 Å². The van der Waals surface area contributed by atoms with Gasteiger partial charge in [0.2, 0.25) is 0 Å². The standard InChI is InChI=1S/C13H20N2O4/c1-8-5-11(15-19-8)17-9-6-10(7-9)18-12(16)14-13(2,3)4/h5,9-10H,6-7H2,1-4H3,(H,14,16). The van der Waals surface area contributed by atoms with Crippen molar-refractivity contribution in [3.63, 3.8) is 0 Å². The fraction of sp³-hybridized carbons (Fsp3) is 0.692. The number of carbonyl (C=O) groups excluding carboxylic acids is 1. The van der Waals surface area contributed by atoms with Gasteiger partial charge in [-0.3, -0.25) is 0 Å². The molecule has 1 aromatic heterocycles. The zero-order valence-electron chi connectivity index (χ0n) is 11.7. The largest absolute Gasteiger partial charge is 0.472 e. The predicted molar refractivity (Wildman–Crippen MR) is 68.0 cm³/mol. The second-order valence-electron chi connectivity index (χ2n) is 5.89. The summed E-state index contributed by atoms with van der Waals surface area (Å²) in [6, 6.07) is 1.74. The predicted octanol–water partition coefficient (Wildman–Crippen LogP) is 2.42. The maximum atomic E-state index is 11.5. The Hall–Kier alpha value is -1.72. The van der Waals surface area contributed by atoms with Crippen LogP contribution in [0, 0.1) is 6.92 Å². The summed E-state index contributed by atoms with van der Waals surface area (Å²) in [5.41, 5.74) is -0.283. The van der Waals surface area contributed by atoms with Crippen LogP contribution in [0.1, 0.15) is 39.4 Å². The van der Waals surface area contributed by atoms with Crippen LogP contribution in [0.3, 0.4) is 0 Å². The molecular formula is C13H20N2O4. The first-order valence-corrected chi connectivity index (χ1v) is 6.40. The molecule has 19 heavy (non-hydrogen) atoms. The van der Waals surface area contributed by atoms with Gasteiger partial charge in [0.1, 0.15) is 18.0 Å². The van der Waals surface area contributed by atoms with Crippen LogP contribution in [0.2, 0.25) is 0 Å². The molecule has 1 fully saturated rings. The van der Waals surface area contributed by atoms with Crippen molar-refractivity contribution in [3.05, 3.63) is 11.8 Å². The highest BCUT2D eigenvalue weighted by Crippen LogP contribution is 2.28. The number of aryl methyl sites for hydroxylation is 1. The molecular weight excluding hydrogens is 248 g/mol. The quantitative estimate of drug-likeness (QED) is 0.911. The Labute approximate surface area is 112 Å². The van der Waals surface area contributed by atoms with Gasteiger partial charge in [0, 0.05) is 24.4 Å². The molecule has 6 heteroatoms. The number of hydrogen-bond acceptors (Lipinski definition) is 5. The van der Waals surface area contributed by atoms with E-state index < -0.39 is 0 Å². The minimum absolute atomic E-state index is 0.0388. The smallest absolute Gasteiger partial charge is 0.407 e. The van der Waals surface area contributed by atoms with Gasteiger partial charge in [-0.15, -0.1) is 0 Å². The normalized spacial score (nSPS) is 22.5. The lowest BCUT2D eigenvalue weighted by Gasteiger charge is -2.34. The fourth-order valence-corrected chi connectivity index (χ4v) is 1.77. The van der Waals surface area contributed by atoms with Crippen LogP contribution in [-0.4, -0.2) is 29.0 Å². The van der Waals surface area contributed by atoms with Gasteiger partial charge in [-0.05, 0) is 32.9 Å². The molecule has 0 bridgehead atoms. The van der Waals surface area contributed by atoms with E-state index in [4.69, 9.17) is 14.0 Å². The van der Waals surface area contributed by atoms with Crippen molar-refractivity contribution in [1.29, 1.82) is 0 Å². The molecule has 0 aromatic carbocycles. The van der Waals surface area contributed by atoms with E-state index >= 15 is 0 Å². The highest BCUT2D eigenvalue weighted by atomic mass is 16.6. The maximum Gasteiger partial charge on any atom is 0.407 e. The van der Waals surface area contributed by atoms with Crippen LogP contribution >= 0.6 is 0 Å². The first kappa shape index (κ1) is 13.7. The minimum Gasteiger partial charge on any atom is -0.472 e. The SMILES string of the molecule is Cc1cc(OC2CC(OC(=O)NC(C)(C)C)C2)no1. The summed E-state index contributed by atoms with van der Waals surface area (Å²) in [7, 11) is 0. The van der Waals surface area contributed by atoms with Crippen molar-refractivity contribution in [1.82, 2.24) is 10.5 Å². The Kier molecular flexibility index (Phi) is 3.68. The topological polar surface area (TPSA) is 73.6 Å². The summed E-state index contributed by atoms with van der Waals surface area (Å²) >= 11 is 0. The van der Waals surface area contributed by atoms with Crippen LogP contribution in [0.15, 0.2) is 10.6 Å². The molecule has 106 valence electrons. The molecule has 1 aliphatic carbocycles. The van der Waals surface area contributed by atoms with Crippen molar-refractivity contribution in [2.45, 2.75) is 58.3 Å². The molecule has 0 spiro atoms. The number of carbonyl (C=O) groups is 1. The van der Waals surface area contributed by atoms with E-state index in [0.717, 1.165) is 0 Å². The molecule has 1 amide bonds. The molecule has 0 saturated heterocycles. The molecule has 1 saturated carbocycles. The van der Waals surface area contributed by atoms with Gasteiger partial charge in [-0.2, -0.15) is 0 Å². The highest BCUT2D eigenvalue weighted by Gasteiger charge is 2.35. The average molecular weight is 268 g/mol. The van der Waals surface area contributed by atoms with Crippen LogP contribution in [0.4, 0.5) is 4.79 Å². The second kappa shape index (κ2) is 5.11. The Morgan fingerprint density at radius 2 is 2.11 bits per heavy atom. The molecule has 0 atom stereocenters. The number of nitrogens with one attached hydrogen (secondary N) is 1. The summed E-state index contributed by atoms with van der Waals surface area (Å²) in [6.45, 7) is 7.54. The molecule has 0 radical (unpaired) electrons. The number of aromatic nitrogens is 1. The molecule has 0 aliphatic heterocycles. The molecule has 0 unspecified atom stereocenters. The van der Waals surface area contributed by atoms with E-state index in [0.29, 0.717) is 24.5 Å². The Bertz CT molecular complexity index is 444. The number of alkyl carbamates (subject to hydrolysis) is 1. The zero-order chi connectivity index (χ0) is 14.0. The van der Waals surface area contributed by atoms with Gasteiger partial charge in [-0.25, -0.2) is 4.79 Å². The molecule has 1 heterocycles. The Morgan fingerprint density at radius 3 is 2.63 bits per heavy atom. The second-order valence-corrected chi connectivity index (χ2v) is 5.89. The van der Waals surface area contributed by atoms with Crippen molar-refractivity contribution < 1.29 is 18.8 Å². The van der Waals surface area contributed by atoms with Gasteiger partial charge in [0.05, 0.1) is 0 Å². The van der Waals surface area contributed by atoms with Gasteiger partial charge >= 0.3 is 6.09 Å². The maximum absolute atomic E-state index is 11.5. The number of amides is 1. The molecule has 2 rings (SSSR count). The minimum atomic E-state index is -0.381. The summed E-state index contributed by atoms with van der Waals surface area (Å²) < 4.78 is 15.7. The molecule has 6 nitrogen and oxygen atoms in total. The van der Waals surface area contributed by atoms with Crippen LogP contribution in [0.25, 0.3) is 0 Å². The van der Waals surface area contributed by atoms with Crippen molar-refractivity contribution >= 4 is 6.09 Å². The summed E-state index contributed by atoms with van der Waals surface area (Å²) in [5.74, 6) is 1.20. The number of rotatable bonds is 3. The lowest BCUT2D eigenvalue weighted by molar-refractivity contribution is -0.0270. The lowest BCUT2D eigenvalue weighted by Crippen LogP contribution is -2.46. The lowest BCUT2D eigenvalue weighted by atomic mass is 9.92. The van der Waals surface area contributed by atoms with Crippen LogP contribution in [-0.2, 0) is 4.74 Å².